The highest BCUT2D eigenvalue weighted by atomic mass is 16.5. The molecule has 0 atom stereocenters. The Labute approximate surface area is 158 Å². The summed E-state index contributed by atoms with van der Waals surface area (Å²) in [5, 5.41) is 11.6. The third kappa shape index (κ3) is 3.62. The number of anilines is 3. The molecule has 27 heavy (non-hydrogen) atoms. The van der Waals surface area contributed by atoms with Gasteiger partial charge < -0.3 is 19.7 Å². The summed E-state index contributed by atoms with van der Waals surface area (Å²) in [4.78, 5) is 6.78. The zero-order chi connectivity index (χ0) is 18.6. The fourth-order valence-electron chi connectivity index (χ4n) is 3.22. The molecule has 1 aromatic heterocycles. The van der Waals surface area contributed by atoms with Gasteiger partial charge in [0.25, 0.3) is 0 Å². The minimum Gasteiger partial charge on any atom is -0.493 e. The van der Waals surface area contributed by atoms with E-state index in [0.717, 1.165) is 25.2 Å². The standard InChI is InChI=1S/C20H21N5O2/c1-26-17-8-7-16(11-18(17)27-2)22-19-12-21-24-20(23-19)25-10-9-14-5-3-4-6-15(14)13-25/h3-8,11-12H,9-10,13H2,1-2H3,(H,22,23,24). The van der Waals surface area contributed by atoms with Gasteiger partial charge in [-0.1, -0.05) is 24.3 Å². The number of benzene rings is 2. The van der Waals surface area contributed by atoms with Crippen molar-refractivity contribution in [3.05, 3.63) is 59.8 Å². The number of methoxy groups -OCH3 is 2. The van der Waals surface area contributed by atoms with Gasteiger partial charge in [-0.05, 0) is 29.7 Å². The molecular formula is C20H21N5O2. The lowest BCUT2D eigenvalue weighted by Crippen LogP contribution is -2.32. The number of aromatic nitrogens is 3. The van der Waals surface area contributed by atoms with Crippen LogP contribution in [0.5, 0.6) is 11.5 Å². The Kier molecular flexibility index (Phi) is 4.74. The van der Waals surface area contributed by atoms with Crippen molar-refractivity contribution in [3.63, 3.8) is 0 Å². The molecule has 7 nitrogen and oxygen atoms in total. The third-order valence-corrected chi connectivity index (χ3v) is 4.62. The second-order valence-corrected chi connectivity index (χ2v) is 6.28. The molecule has 0 amide bonds. The van der Waals surface area contributed by atoms with Crippen LogP contribution >= 0.6 is 0 Å². The summed E-state index contributed by atoms with van der Waals surface area (Å²) >= 11 is 0. The van der Waals surface area contributed by atoms with Crippen LogP contribution in [0.25, 0.3) is 0 Å². The summed E-state index contributed by atoms with van der Waals surface area (Å²) in [5.74, 6) is 2.58. The molecule has 138 valence electrons. The van der Waals surface area contributed by atoms with Crippen molar-refractivity contribution in [3.8, 4) is 11.5 Å². The topological polar surface area (TPSA) is 72.4 Å². The maximum Gasteiger partial charge on any atom is 0.247 e. The zero-order valence-electron chi connectivity index (χ0n) is 15.3. The molecule has 2 aromatic carbocycles. The zero-order valence-corrected chi connectivity index (χ0v) is 15.3. The van der Waals surface area contributed by atoms with E-state index in [1.807, 2.05) is 18.2 Å². The molecule has 1 N–H and O–H groups in total. The van der Waals surface area contributed by atoms with Crippen LogP contribution in [0.15, 0.2) is 48.7 Å². The molecule has 0 aliphatic carbocycles. The molecule has 1 aliphatic heterocycles. The van der Waals surface area contributed by atoms with Gasteiger partial charge in [-0.15, -0.1) is 5.10 Å². The van der Waals surface area contributed by atoms with Crippen molar-refractivity contribution < 1.29 is 9.47 Å². The molecule has 0 fully saturated rings. The van der Waals surface area contributed by atoms with Crippen molar-refractivity contribution in [1.82, 2.24) is 15.2 Å². The lowest BCUT2D eigenvalue weighted by atomic mass is 10.0. The lowest BCUT2D eigenvalue weighted by Gasteiger charge is -2.28. The first-order chi connectivity index (χ1) is 13.3. The number of hydrogen-bond acceptors (Lipinski definition) is 7. The Morgan fingerprint density at radius 1 is 1.00 bits per heavy atom. The van der Waals surface area contributed by atoms with Crippen LogP contribution < -0.4 is 19.7 Å². The lowest BCUT2D eigenvalue weighted by molar-refractivity contribution is 0.355. The fraction of sp³-hybridized carbons (Fsp3) is 0.250. The van der Waals surface area contributed by atoms with Crippen LogP contribution in [0.4, 0.5) is 17.5 Å². The van der Waals surface area contributed by atoms with Gasteiger partial charge in [0.05, 0.1) is 20.4 Å². The molecule has 0 spiro atoms. The molecule has 1 aliphatic rings. The van der Waals surface area contributed by atoms with Crippen LogP contribution in [0.1, 0.15) is 11.1 Å². The first kappa shape index (κ1) is 17.1. The van der Waals surface area contributed by atoms with Gasteiger partial charge in [-0.25, -0.2) is 0 Å². The average Bonchev–Trinajstić information content (AvgIpc) is 2.73. The van der Waals surface area contributed by atoms with Gasteiger partial charge >= 0.3 is 0 Å². The van der Waals surface area contributed by atoms with Crippen molar-refractivity contribution in [1.29, 1.82) is 0 Å². The Balaban J connectivity index is 1.53. The van der Waals surface area contributed by atoms with E-state index in [2.05, 4.69) is 49.7 Å². The molecule has 0 saturated carbocycles. The van der Waals surface area contributed by atoms with E-state index in [0.29, 0.717) is 23.3 Å². The Bertz CT molecular complexity index is 947. The highest BCUT2D eigenvalue weighted by molar-refractivity contribution is 5.61. The quantitative estimate of drug-likeness (QED) is 0.746. The summed E-state index contributed by atoms with van der Waals surface area (Å²) in [6.07, 6.45) is 2.59. The molecule has 4 rings (SSSR count). The number of hydrogen-bond donors (Lipinski definition) is 1. The van der Waals surface area contributed by atoms with Gasteiger partial charge in [0, 0.05) is 24.8 Å². The molecule has 0 saturated heterocycles. The Morgan fingerprint density at radius 2 is 1.81 bits per heavy atom. The first-order valence-corrected chi connectivity index (χ1v) is 8.77. The molecule has 3 aromatic rings. The number of rotatable bonds is 5. The Hall–Kier alpha value is -3.35. The highest BCUT2D eigenvalue weighted by Gasteiger charge is 2.18. The van der Waals surface area contributed by atoms with Crippen LogP contribution in [0.3, 0.4) is 0 Å². The van der Waals surface area contributed by atoms with Crippen molar-refractivity contribution in [2.24, 2.45) is 0 Å². The van der Waals surface area contributed by atoms with Gasteiger partial charge in [0.2, 0.25) is 5.95 Å². The van der Waals surface area contributed by atoms with E-state index >= 15 is 0 Å². The normalized spacial score (nSPS) is 13.0. The van der Waals surface area contributed by atoms with E-state index in [-0.39, 0.29) is 0 Å². The summed E-state index contributed by atoms with van der Waals surface area (Å²) in [7, 11) is 3.22. The summed E-state index contributed by atoms with van der Waals surface area (Å²) in [6, 6.07) is 14.1. The van der Waals surface area contributed by atoms with E-state index in [4.69, 9.17) is 9.47 Å². The monoisotopic (exact) mass is 363 g/mol. The Morgan fingerprint density at radius 3 is 2.63 bits per heavy atom. The molecule has 7 heteroatoms. The van der Waals surface area contributed by atoms with Crippen LogP contribution in [0.2, 0.25) is 0 Å². The summed E-state index contributed by atoms with van der Waals surface area (Å²) in [5.41, 5.74) is 3.54. The predicted molar refractivity (Wildman–Crippen MR) is 104 cm³/mol. The molecular weight excluding hydrogens is 342 g/mol. The fourth-order valence-corrected chi connectivity index (χ4v) is 3.22. The summed E-state index contributed by atoms with van der Waals surface area (Å²) < 4.78 is 10.6. The van der Waals surface area contributed by atoms with E-state index < -0.39 is 0 Å². The van der Waals surface area contributed by atoms with E-state index in [1.165, 1.54) is 11.1 Å². The SMILES string of the molecule is COc1ccc(Nc2cnnc(N3CCc4ccccc4C3)n2)cc1OC. The minimum atomic E-state index is 0.620. The van der Waals surface area contributed by atoms with Crippen LogP contribution in [-0.4, -0.2) is 35.9 Å². The van der Waals surface area contributed by atoms with Gasteiger partial charge in [-0.3, -0.25) is 0 Å². The second-order valence-electron chi connectivity index (χ2n) is 6.28. The number of ether oxygens (including phenoxy) is 2. The molecule has 2 heterocycles. The highest BCUT2D eigenvalue weighted by Crippen LogP contribution is 2.31. The van der Waals surface area contributed by atoms with Crippen LogP contribution in [0, 0.1) is 0 Å². The smallest absolute Gasteiger partial charge is 0.247 e. The summed E-state index contributed by atoms with van der Waals surface area (Å²) in [6.45, 7) is 1.66. The predicted octanol–water partition coefficient (Wildman–Crippen LogP) is 3.20. The van der Waals surface area contributed by atoms with Crippen molar-refractivity contribution in [2.45, 2.75) is 13.0 Å². The van der Waals surface area contributed by atoms with E-state index in [1.54, 1.807) is 20.4 Å². The largest absolute Gasteiger partial charge is 0.493 e. The second kappa shape index (κ2) is 7.49. The first-order valence-electron chi connectivity index (χ1n) is 8.77. The number of nitrogens with one attached hydrogen (secondary N) is 1. The number of fused-ring (bicyclic) bond motifs is 1. The maximum absolute atomic E-state index is 5.35. The average molecular weight is 363 g/mol. The van der Waals surface area contributed by atoms with Crippen LogP contribution in [-0.2, 0) is 13.0 Å². The molecule has 0 bridgehead atoms. The molecule has 0 radical (unpaired) electrons. The van der Waals surface area contributed by atoms with Crippen molar-refractivity contribution >= 4 is 17.5 Å². The van der Waals surface area contributed by atoms with Gasteiger partial charge in [0.15, 0.2) is 17.3 Å². The van der Waals surface area contributed by atoms with E-state index in [9.17, 15) is 0 Å². The maximum atomic E-state index is 5.35. The minimum absolute atomic E-state index is 0.620. The molecule has 0 unspecified atom stereocenters. The number of nitrogens with zero attached hydrogens (tertiary/aromatic N) is 4. The van der Waals surface area contributed by atoms with Gasteiger partial charge in [-0.2, -0.15) is 10.1 Å². The third-order valence-electron chi connectivity index (χ3n) is 4.62. The van der Waals surface area contributed by atoms with Gasteiger partial charge in [0.1, 0.15) is 0 Å². The van der Waals surface area contributed by atoms with Crippen molar-refractivity contribution in [2.75, 3.05) is 31.0 Å².